The molecule has 18 nitrogen and oxygen atoms in total. The van der Waals surface area contributed by atoms with Gasteiger partial charge in [0, 0.05) is 24.2 Å². The highest BCUT2D eigenvalue weighted by atomic mass is 16.8. The van der Waals surface area contributed by atoms with Crippen LogP contribution >= 0.6 is 0 Å². The lowest BCUT2D eigenvalue weighted by Gasteiger charge is -2.60. The van der Waals surface area contributed by atoms with E-state index in [1.165, 1.54) is 6.92 Å². The molecule has 62 heavy (non-hydrogen) atoms. The first kappa shape index (κ1) is 47.5. The smallest absolute Gasteiger partial charge is 0.187 e. The van der Waals surface area contributed by atoms with Crippen molar-refractivity contribution in [3.8, 4) is 0 Å². The molecule has 4 aliphatic heterocycles. The quantitative estimate of drug-likeness (QED) is 0.108. The molecule has 7 fully saturated rings. The van der Waals surface area contributed by atoms with Crippen LogP contribution in [0.15, 0.2) is 11.6 Å². The highest BCUT2D eigenvalue weighted by Gasteiger charge is 2.69. The van der Waals surface area contributed by atoms with Crippen LogP contribution in [0.2, 0.25) is 0 Å². The third kappa shape index (κ3) is 8.06. The standard InChI is InChI=1S/C44H72O18/c1-18(16-56-39-36(53)35(52)33(50)28(15-45)59-39)8-11-44(55)19(2)30-27(62-44)14-25-23-7-6-21-12-22(46)13-29(43(21,5)24(23)9-10-42(25,30)4)60-41-38(32(49)26(47)17-57-41)61-40-37(54)34(51)31(48)20(3)58-40/h6,18-20,22-41,45-55H,7-17H2,1-5H3/t18-,19-,20-,22+,23-,24-,25-,26+,27-,28+,29+,30-,31-,32+,33-,34+,35-,36-,37-,38+,39-,40-,41+,42-,43-,44+/m0/s1. The van der Waals surface area contributed by atoms with E-state index >= 15 is 0 Å². The van der Waals surface area contributed by atoms with E-state index in [9.17, 15) is 56.2 Å². The van der Waals surface area contributed by atoms with Crippen molar-refractivity contribution in [1.29, 1.82) is 0 Å². The summed E-state index contributed by atoms with van der Waals surface area (Å²) in [7, 11) is 0. The third-order valence-electron chi connectivity index (χ3n) is 17.1. The molecule has 4 saturated heterocycles. The summed E-state index contributed by atoms with van der Waals surface area (Å²) in [6.45, 7) is 9.45. The number of fused-ring (bicyclic) bond motifs is 7. The van der Waals surface area contributed by atoms with Crippen LogP contribution in [-0.4, -0.2) is 186 Å². The first-order valence-electron chi connectivity index (χ1n) is 22.9. The van der Waals surface area contributed by atoms with Crippen LogP contribution in [-0.2, 0) is 33.2 Å². The van der Waals surface area contributed by atoms with Crippen molar-refractivity contribution in [3.05, 3.63) is 11.6 Å². The lowest BCUT2D eigenvalue weighted by molar-refractivity contribution is -0.362. The molecule has 0 spiro atoms. The molecule has 8 rings (SSSR count). The number of aliphatic hydroxyl groups excluding tert-OH is 10. The Bertz CT molecular complexity index is 1590. The lowest BCUT2D eigenvalue weighted by atomic mass is 9.46. The zero-order valence-corrected chi connectivity index (χ0v) is 36.4. The molecule has 4 aliphatic carbocycles. The van der Waals surface area contributed by atoms with Gasteiger partial charge in [0.05, 0.1) is 44.2 Å². The molecule has 0 aromatic rings. The second-order valence-electron chi connectivity index (χ2n) is 20.7. The summed E-state index contributed by atoms with van der Waals surface area (Å²) in [5.74, 6) is -0.790. The molecule has 0 aromatic carbocycles. The van der Waals surface area contributed by atoms with Crippen molar-refractivity contribution in [2.45, 2.75) is 196 Å². The zero-order chi connectivity index (χ0) is 44.8. The van der Waals surface area contributed by atoms with E-state index in [4.69, 9.17) is 33.2 Å². The Morgan fingerprint density at radius 1 is 0.823 bits per heavy atom. The molecular formula is C44H72O18. The summed E-state index contributed by atoms with van der Waals surface area (Å²) in [4.78, 5) is 0. The summed E-state index contributed by atoms with van der Waals surface area (Å²) >= 11 is 0. The van der Waals surface area contributed by atoms with Gasteiger partial charge in [-0.15, -0.1) is 0 Å². The Balaban J connectivity index is 0.935. The van der Waals surface area contributed by atoms with Crippen LogP contribution in [0.25, 0.3) is 0 Å². The third-order valence-corrected chi connectivity index (χ3v) is 17.1. The van der Waals surface area contributed by atoms with E-state index in [-0.39, 0.29) is 60.2 Å². The van der Waals surface area contributed by atoms with E-state index in [0.717, 1.165) is 31.3 Å². The molecule has 18 heteroatoms. The molecule has 4 heterocycles. The van der Waals surface area contributed by atoms with Gasteiger partial charge in [-0.05, 0) is 80.5 Å². The SMILES string of the molecule is C[C@@H](CC[C@@]1(O)O[C@H]2C[C@H]3[C@H]4CC=C5C[C@@H](O)C[C@@H](O[C@H]6OC[C@@H](O)[C@@H](O)[C@H]6O[C@@H]6O[C@@H](C)[C@H](O)[C@@H](O)[C@@H]6O)[C@]5(C)[C@H]4CC[C@]3(C)[C@H]2[C@@H]1C)CO[C@H]1O[C@H](CO)[C@H](O)[C@H](O)[C@@H]1O. The molecular weight excluding hydrogens is 816 g/mol. The molecule has 0 amide bonds. The van der Waals surface area contributed by atoms with Gasteiger partial charge in [0.15, 0.2) is 24.7 Å². The van der Waals surface area contributed by atoms with Gasteiger partial charge in [0.2, 0.25) is 0 Å². The van der Waals surface area contributed by atoms with E-state index in [0.29, 0.717) is 25.7 Å². The van der Waals surface area contributed by atoms with E-state index < -0.39 is 116 Å². The highest BCUT2D eigenvalue weighted by Crippen LogP contribution is 2.70. The second kappa shape index (κ2) is 17.9. The molecule has 3 saturated carbocycles. The van der Waals surface area contributed by atoms with Crippen LogP contribution in [0.3, 0.4) is 0 Å². The highest BCUT2D eigenvalue weighted by molar-refractivity contribution is 5.28. The van der Waals surface area contributed by atoms with Crippen LogP contribution in [0, 0.1) is 46.3 Å². The number of aliphatic hydroxyl groups is 11. The first-order chi connectivity index (χ1) is 29.2. The minimum Gasteiger partial charge on any atom is -0.394 e. The van der Waals surface area contributed by atoms with Crippen LogP contribution in [0.5, 0.6) is 0 Å². The van der Waals surface area contributed by atoms with Crippen LogP contribution < -0.4 is 0 Å². The summed E-state index contributed by atoms with van der Waals surface area (Å²) < 4.78 is 42.5. The number of rotatable bonds is 11. The van der Waals surface area contributed by atoms with Crippen molar-refractivity contribution < 1.29 is 89.3 Å². The topological polar surface area (TPSA) is 287 Å². The maximum absolute atomic E-state index is 12.1. The summed E-state index contributed by atoms with van der Waals surface area (Å²) in [6, 6.07) is 0. The van der Waals surface area contributed by atoms with Gasteiger partial charge in [-0.1, -0.05) is 39.3 Å². The monoisotopic (exact) mass is 888 g/mol. The molecule has 11 N–H and O–H groups in total. The molecule has 0 aromatic heterocycles. The summed E-state index contributed by atoms with van der Waals surface area (Å²) in [5.41, 5.74) is 0.452. The van der Waals surface area contributed by atoms with Gasteiger partial charge in [-0.25, -0.2) is 0 Å². The van der Waals surface area contributed by atoms with Gasteiger partial charge in [0.25, 0.3) is 0 Å². The largest absolute Gasteiger partial charge is 0.394 e. The minimum atomic E-state index is -1.66. The fourth-order valence-electron chi connectivity index (χ4n) is 13.3. The van der Waals surface area contributed by atoms with E-state index in [1.54, 1.807) is 0 Å². The molecule has 8 aliphatic rings. The normalized spacial score (nSPS) is 55.7. The van der Waals surface area contributed by atoms with Crippen molar-refractivity contribution in [3.63, 3.8) is 0 Å². The van der Waals surface area contributed by atoms with Gasteiger partial charge in [-0.3, -0.25) is 0 Å². The maximum Gasteiger partial charge on any atom is 0.187 e. The molecule has 0 unspecified atom stereocenters. The average molecular weight is 889 g/mol. The van der Waals surface area contributed by atoms with Crippen molar-refractivity contribution in [2.24, 2.45) is 46.3 Å². The Hall–Kier alpha value is -0.980. The van der Waals surface area contributed by atoms with Crippen molar-refractivity contribution in [2.75, 3.05) is 19.8 Å². The molecule has 356 valence electrons. The fourth-order valence-corrected chi connectivity index (χ4v) is 13.3. The fraction of sp³-hybridized carbons (Fsp3) is 0.955. The Kier molecular flexibility index (Phi) is 13.7. The predicted molar refractivity (Wildman–Crippen MR) is 213 cm³/mol. The van der Waals surface area contributed by atoms with Crippen molar-refractivity contribution >= 4 is 0 Å². The summed E-state index contributed by atoms with van der Waals surface area (Å²) in [5, 5.41) is 117. The first-order valence-corrected chi connectivity index (χ1v) is 22.9. The van der Waals surface area contributed by atoms with Gasteiger partial charge in [0.1, 0.15) is 61.0 Å². The Labute approximate surface area is 362 Å². The second-order valence-corrected chi connectivity index (χ2v) is 20.7. The average Bonchev–Trinajstić information content (AvgIpc) is 3.67. The van der Waals surface area contributed by atoms with Crippen LogP contribution in [0.1, 0.15) is 86.0 Å². The molecule has 0 bridgehead atoms. The number of hydrogen-bond donors (Lipinski definition) is 11. The number of allylic oxidation sites excluding steroid dienone is 1. The van der Waals surface area contributed by atoms with E-state index in [1.807, 2.05) is 6.92 Å². The predicted octanol–water partition coefficient (Wildman–Crippen LogP) is -1.22. The van der Waals surface area contributed by atoms with Gasteiger partial charge < -0.3 is 89.3 Å². The van der Waals surface area contributed by atoms with Gasteiger partial charge in [-0.2, -0.15) is 0 Å². The van der Waals surface area contributed by atoms with E-state index in [2.05, 4.69) is 26.8 Å². The summed E-state index contributed by atoms with van der Waals surface area (Å²) in [6.07, 6.45) is -13.2. The Morgan fingerprint density at radius 3 is 2.26 bits per heavy atom. The Morgan fingerprint density at radius 2 is 1.53 bits per heavy atom. The number of ether oxygens (including phenoxy) is 7. The number of hydrogen-bond acceptors (Lipinski definition) is 18. The maximum atomic E-state index is 12.1. The lowest BCUT2D eigenvalue weighted by Crippen LogP contribution is -2.63. The van der Waals surface area contributed by atoms with Crippen molar-refractivity contribution in [1.82, 2.24) is 0 Å². The van der Waals surface area contributed by atoms with Crippen LogP contribution in [0.4, 0.5) is 0 Å². The molecule has 26 atom stereocenters. The minimum absolute atomic E-state index is 0.0819. The zero-order valence-electron chi connectivity index (χ0n) is 36.4. The molecule has 0 radical (unpaired) electrons. The van der Waals surface area contributed by atoms with Gasteiger partial charge >= 0.3 is 0 Å².